The Morgan fingerprint density at radius 1 is 1.05 bits per heavy atom. The predicted molar refractivity (Wildman–Crippen MR) is 142 cm³/mol. The Bertz CT molecular complexity index is 1260. The van der Waals surface area contributed by atoms with Gasteiger partial charge in [-0.2, -0.15) is 0 Å². The first-order valence-corrected chi connectivity index (χ1v) is 14.3. The summed E-state index contributed by atoms with van der Waals surface area (Å²) < 4.78 is 36.8. The Morgan fingerprint density at radius 2 is 1.70 bits per heavy atom. The molecule has 1 saturated heterocycles. The molecule has 0 bridgehead atoms. The summed E-state index contributed by atoms with van der Waals surface area (Å²) in [5, 5.41) is 2.96. The Balaban J connectivity index is 1.80. The van der Waals surface area contributed by atoms with Crippen LogP contribution in [0.4, 0.5) is 10.7 Å². The van der Waals surface area contributed by atoms with Crippen LogP contribution in [0.2, 0.25) is 0 Å². The van der Waals surface area contributed by atoms with Crippen LogP contribution in [0.3, 0.4) is 0 Å². The van der Waals surface area contributed by atoms with Crippen molar-refractivity contribution in [3.63, 3.8) is 0 Å². The van der Waals surface area contributed by atoms with Crippen molar-refractivity contribution < 1.29 is 32.3 Å². The highest BCUT2D eigenvalue weighted by atomic mass is 32.2. The third kappa shape index (κ3) is 6.68. The lowest BCUT2D eigenvalue weighted by molar-refractivity contribution is -0.119. The zero-order valence-electron chi connectivity index (χ0n) is 21.7. The second-order valence-electron chi connectivity index (χ2n) is 9.05. The van der Waals surface area contributed by atoms with Gasteiger partial charge in [0.25, 0.3) is 5.91 Å². The fraction of sp³-hybridized carbons (Fsp3) is 0.480. The molecule has 1 fully saturated rings. The lowest BCUT2D eigenvalue weighted by Crippen LogP contribution is -2.26. The first-order chi connectivity index (χ1) is 17.4. The van der Waals surface area contributed by atoms with E-state index in [-0.39, 0.29) is 28.5 Å². The number of sulfonamides is 1. The number of benzene rings is 1. The molecule has 3 rings (SSSR count). The van der Waals surface area contributed by atoms with Crippen LogP contribution in [-0.2, 0) is 24.3 Å². The number of carbonyl (C=O) groups is 3. The summed E-state index contributed by atoms with van der Waals surface area (Å²) in [5.41, 5.74) is 0.876. The summed E-state index contributed by atoms with van der Waals surface area (Å²) >= 11 is 1.26. The molecule has 1 aliphatic rings. The first kappa shape index (κ1) is 28.6. The molecular formula is C25H33N3O7S2. The van der Waals surface area contributed by atoms with Crippen molar-refractivity contribution in [1.29, 1.82) is 0 Å². The third-order valence-electron chi connectivity index (χ3n) is 5.82. The molecule has 0 radical (unpaired) electrons. The molecule has 0 unspecified atom stereocenters. The number of nitrogens with zero attached hydrogens (tertiary/aromatic N) is 2. The van der Waals surface area contributed by atoms with E-state index in [1.807, 2.05) is 18.7 Å². The number of hydrogen-bond donors (Lipinski definition) is 1. The van der Waals surface area contributed by atoms with Gasteiger partial charge in [-0.1, -0.05) is 13.8 Å². The average Bonchev–Trinajstić information content (AvgIpc) is 3.53. The quantitative estimate of drug-likeness (QED) is 0.444. The van der Waals surface area contributed by atoms with Crippen molar-refractivity contribution in [2.45, 2.75) is 44.4 Å². The van der Waals surface area contributed by atoms with Gasteiger partial charge < -0.3 is 19.7 Å². The molecule has 0 saturated carbocycles. The molecular weight excluding hydrogens is 518 g/mol. The minimum Gasteiger partial charge on any atom is -0.462 e. The SMILES string of the molecule is CCOC(=O)c1cc(C(C)C)sc1NC(=O)COC(=O)c1cc(S(=O)(=O)N(C)C)ccc1N1CCCC1. The van der Waals surface area contributed by atoms with E-state index in [2.05, 4.69) is 5.32 Å². The van der Waals surface area contributed by atoms with Gasteiger partial charge >= 0.3 is 11.9 Å². The fourth-order valence-electron chi connectivity index (χ4n) is 3.80. The smallest absolute Gasteiger partial charge is 0.341 e. The summed E-state index contributed by atoms with van der Waals surface area (Å²) in [5.74, 6) is -1.85. The van der Waals surface area contributed by atoms with E-state index in [9.17, 15) is 22.8 Å². The summed E-state index contributed by atoms with van der Waals surface area (Å²) in [7, 11) is -0.965. The molecule has 1 aromatic carbocycles. The van der Waals surface area contributed by atoms with E-state index in [0.29, 0.717) is 10.7 Å². The second-order valence-corrected chi connectivity index (χ2v) is 12.3. The van der Waals surface area contributed by atoms with Gasteiger partial charge in [-0.25, -0.2) is 22.3 Å². The number of carbonyl (C=O) groups excluding carboxylic acids is 3. The van der Waals surface area contributed by atoms with E-state index in [4.69, 9.17) is 9.47 Å². The highest BCUT2D eigenvalue weighted by Gasteiger charge is 2.26. The second kappa shape index (κ2) is 12.1. The lowest BCUT2D eigenvalue weighted by atomic mass is 10.1. The highest BCUT2D eigenvalue weighted by Crippen LogP contribution is 2.33. The number of esters is 2. The van der Waals surface area contributed by atoms with Gasteiger partial charge in [0.2, 0.25) is 10.0 Å². The maximum Gasteiger partial charge on any atom is 0.341 e. The summed E-state index contributed by atoms with van der Waals surface area (Å²) in [6.07, 6.45) is 1.91. The van der Waals surface area contributed by atoms with Crippen molar-refractivity contribution >= 4 is 49.9 Å². The summed E-state index contributed by atoms with van der Waals surface area (Å²) in [6, 6.07) is 6.04. The lowest BCUT2D eigenvalue weighted by Gasteiger charge is -2.22. The number of nitrogens with one attached hydrogen (secondary N) is 1. The van der Waals surface area contributed by atoms with Gasteiger partial charge in [0, 0.05) is 32.1 Å². The number of ether oxygens (including phenoxy) is 2. The topological polar surface area (TPSA) is 122 Å². The average molecular weight is 552 g/mol. The monoisotopic (exact) mass is 551 g/mol. The predicted octanol–water partition coefficient (Wildman–Crippen LogP) is 3.69. The molecule has 12 heteroatoms. The Kier molecular flexibility index (Phi) is 9.32. The minimum absolute atomic E-state index is 0.0456. The molecule has 0 spiro atoms. The number of amides is 1. The van der Waals surface area contributed by atoms with E-state index in [1.54, 1.807) is 19.1 Å². The van der Waals surface area contributed by atoms with Gasteiger partial charge in [0.1, 0.15) is 5.00 Å². The Morgan fingerprint density at radius 3 is 2.30 bits per heavy atom. The van der Waals surface area contributed by atoms with Gasteiger partial charge in [-0.05, 0) is 49.9 Å². The third-order valence-corrected chi connectivity index (χ3v) is 8.98. The van der Waals surface area contributed by atoms with Gasteiger partial charge in [0.05, 0.1) is 28.3 Å². The van der Waals surface area contributed by atoms with Crippen molar-refractivity contribution in [1.82, 2.24) is 4.31 Å². The van der Waals surface area contributed by atoms with Gasteiger partial charge in [-0.15, -0.1) is 11.3 Å². The molecule has 10 nitrogen and oxygen atoms in total. The van der Waals surface area contributed by atoms with Gasteiger partial charge in [0.15, 0.2) is 6.61 Å². The van der Waals surface area contributed by atoms with E-state index < -0.39 is 34.5 Å². The zero-order valence-corrected chi connectivity index (χ0v) is 23.3. The summed E-state index contributed by atoms with van der Waals surface area (Å²) in [6.45, 7) is 6.67. The van der Waals surface area contributed by atoms with Crippen molar-refractivity contribution in [2.75, 3.05) is 50.6 Å². The van der Waals surface area contributed by atoms with Crippen LogP contribution in [0.1, 0.15) is 65.1 Å². The fourth-order valence-corrected chi connectivity index (χ4v) is 5.80. The molecule has 1 aliphatic heterocycles. The van der Waals surface area contributed by atoms with Crippen LogP contribution in [-0.4, -0.2) is 71.0 Å². The van der Waals surface area contributed by atoms with Crippen LogP contribution in [0, 0.1) is 0 Å². The highest BCUT2D eigenvalue weighted by molar-refractivity contribution is 7.89. The molecule has 1 N–H and O–H groups in total. The number of hydrogen-bond acceptors (Lipinski definition) is 9. The minimum atomic E-state index is -3.78. The molecule has 0 atom stereocenters. The maximum absolute atomic E-state index is 13.1. The molecule has 1 amide bonds. The molecule has 1 aromatic heterocycles. The maximum atomic E-state index is 13.1. The molecule has 2 aromatic rings. The van der Waals surface area contributed by atoms with Crippen LogP contribution in [0.25, 0.3) is 0 Å². The number of thiophene rings is 1. The molecule has 0 aliphatic carbocycles. The van der Waals surface area contributed by atoms with Gasteiger partial charge in [-0.3, -0.25) is 4.79 Å². The largest absolute Gasteiger partial charge is 0.462 e. The first-order valence-electron chi connectivity index (χ1n) is 12.0. The van der Waals surface area contributed by atoms with Crippen molar-refractivity contribution in [3.8, 4) is 0 Å². The molecule has 2 heterocycles. The number of rotatable bonds is 10. The Hall–Kier alpha value is -2.96. The van der Waals surface area contributed by atoms with Crippen LogP contribution >= 0.6 is 11.3 Å². The van der Waals surface area contributed by atoms with E-state index in [1.165, 1.54) is 37.6 Å². The standard InChI is InChI=1S/C25H33N3O7S2/c1-6-34-25(31)19-14-21(16(2)3)36-23(19)26-22(29)15-35-24(30)18-13-17(37(32,33)27(4)5)9-10-20(18)28-11-7-8-12-28/h9-10,13-14,16H,6-8,11-12,15H2,1-5H3,(H,26,29). The van der Waals surface area contributed by atoms with E-state index >= 15 is 0 Å². The molecule has 37 heavy (non-hydrogen) atoms. The van der Waals surface area contributed by atoms with Crippen molar-refractivity contribution in [3.05, 3.63) is 40.3 Å². The van der Waals surface area contributed by atoms with E-state index in [0.717, 1.165) is 35.1 Å². The van der Waals surface area contributed by atoms with Crippen LogP contribution in [0.15, 0.2) is 29.2 Å². The van der Waals surface area contributed by atoms with Crippen LogP contribution in [0.5, 0.6) is 0 Å². The summed E-state index contributed by atoms with van der Waals surface area (Å²) in [4.78, 5) is 40.9. The normalized spacial score (nSPS) is 13.8. The number of anilines is 2. The van der Waals surface area contributed by atoms with Crippen LogP contribution < -0.4 is 10.2 Å². The molecule has 202 valence electrons. The Labute approximate surface area is 221 Å². The zero-order chi connectivity index (χ0) is 27.3. The van der Waals surface area contributed by atoms with Crippen molar-refractivity contribution in [2.24, 2.45) is 0 Å².